The van der Waals surface area contributed by atoms with Crippen molar-refractivity contribution >= 4 is 73.1 Å². The molecule has 8 heterocycles. The summed E-state index contributed by atoms with van der Waals surface area (Å²) in [7, 11) is 0. The molecule has 394 valence electrons. The van der Waals surface area contributed by atoms with Crippen molar-refractivity contribution < 1.29 is 38.0 Å². The van der Waals surface area contributed by atoms with Gasteiger partial charge in [0.15, 0.2) is 23.2 Å². The van der Waals surface area contributed by atoms with Crippen LogP contribution in [-0.2, 0) is 30.3 Å². The van der Waals surface area contributed by atoms with E-state index in [4.69, 9.17) is 65.2 Å². The fourth-order valence-corrected chi connectivity index (χ4v) is 12.1. The molecule has 1 aliphatic carbocycles. The van der Waals surface area contributed by atoms with E-state index in [1.807, 2.05) is 74.8 Å². The maximum Gasteiger partial charge on any atom is 0.410 e. The van der Waals surface area contributed by atoms with Crippen LogP contribution in [-0.4, -0.2) is 115 Å². The molecule has 2 bridgehead atoms. The van der Waals surface area contributed by atoms with Gasteiger partial charge in [-0.2, -0.15) is 20.2 Å². The molecule has 1 saturated carbocycles. The summed E-state index contributed by atoms with van der Waals surface area (Å²) in [4.78, 5) is 46.5. The Morgan fingerprint density at radius 2 is 1.71 bits per heavy atom. The molecule has 4 aliphatic heterocycles. The van der Waals surface area contributed by atoms with Crippen molar-refractivity contribution in [2.75, 3.05) is 44.4 Å². The summed E-state index contributed by atoms with van der Waals surface area (Å²) in [6.45, 7) is 17.1. The summed E-state index contributed by atoms with van der Waals surface area (Å²) in [5.41, 5.74) is 7.37. The van der Waals surface area contributed by atoms with Crippen LogP contribution >= 0.6 is 11.6 Å². The van der Waals surface area contributed by atoms with Crippen LogP contribution in [0.1, 0.15) is 128 Å². The Labute approximate surface area is 441 Å². The highest BCUT2D eigenvalue weighted by molar-refractivity contribution is 6.35. The van der Waals surface area contributed by atoms with Gasteiger partial charge in [0, 0.05) is 65.8 Å². The standard InChI is InChI=1S/C57H66ClN9O8/c1-8-71-54(68)50(31(2)3)66-29-42-38-16-13-33(23-43(38)60-52(58)49(42)63-66)30-73-51-47(46-32(4)12-17-44-41(46)26-59-67(44)45-11-9-10-20-72-45)39(34-14-15-34)25-40-48(51)61-55(74-37-18-21-70-22-19-37)62-53(40)64-27-36-24-35(64)28-65(36)56(69)75-57(5,6)7/h12-13,16-17,23,25-26,29,31,34-37,45,50H,8-11,14-15,18-22,24,27-28,30H2,1-7H3/t35-,36-,45?,50?/m0/s1. The Morgan fingerprint density at radius 3 is 2.43 bits per heavy atom. The number of piperazine rings is 1. The van der Waals surface area contributed by atoms with Crippen LogP contribution in [0.3, 0.4) is 0 Å². The van der Waals surface area contributed by atoms with Crippen LogP contribution in [0.5, 0.6) is 11.8 Å². The number of rotatable bonds is 13. The molecule has 7 aromatic rings. The highest BCUT2D eigenvalue weighted by atomic mass is 35.5. The highest BCUT2D eigenvalue weighted by Crippen LogP contribution is 2.54. The zero-order valence-corrected chi connectivity index (χ0v) is 44.7. The molecule has 0 N–H and O–H groups in total. The third kappa shape index (κ3) is 9.36. The fourth-order valence-electron chi connectivity index (χ4n) is 11.8. The highest BCUT2D eigenvalue weighted by Gasteiger charge is 2.48. The van der Waals surface area contributed by atoms with Crippen LogP contribution in [0.2, 0.25) is 5.15 Å². The minimum Gasteiger partial charge on any atom is -0.486 e. The van der Waals surface area contributed by atoms with Crippen molar-refractivity contribution in [1.29, 1.82) is 0 Å². The van der Waals surface area contributed by atoms with Gasteiger partial charge in [-0.1, -0.05) is 43.6 Å². The first-order valence-electron chi connectivity index (χ1n) is 27.0. The molecule has 18 heteroatoms. The summed E-state index contributed by atoms with van der Waals surface area (Å²) in [5.74, 6) is 1.25. The number of amides is 1. The van der Waals surface area contributed by atoms with E-state index < -0.39 is 11.6 Å². The molecule has 17 nitrogen and oxygen atoms in total. The number of likely N-dealkylation sites (tertiary alicyclic amines) is 1. The topological polar surface area (TPSA) is 170 Å². The average molecular weight is 1040 g/mol. The third-order valence-electron chi connectivity index (χ3n) is 15.5. The van der Waals surface area contributed by atoms with Gasteiger partial charge in [0.25, 0.3) is 0 Å². The van der Waals surface area contributed by atoms with Gasteiger partial charge in [-0.15, -0.1) is 0 Å². The second-order valence-corrected chi connectivity index (χ2v) is 22.7. The molecule has 2 unspecified atom stereocenters. The van der Waals surface area contributed by atoms with Gasteiger partial charge in [-0.3, -0.25) is 4.68 Å². The summed E-state index contributed by atoms with van der Waals surface area (Å²) in [6, 6.07) is 12.3. The van der Waals surface area contributed by atoms with Crippen LogP contribution in [0, 0.1) is 12.8 Å². The summed E-state index contributed by atoms with van der Waals surface area (Å²) >= 11 is 6.93. The van der Waals surface area contributed by atoms with E-state index in [9.17, 15) is 9.59 Å². The Morgan fingerprint density at radius 1 is 0.880 bits per heavy atom. The lowest BCUT2D eigenvalue weighted by Gasteiger charge is -2.36. The Bertz CT molecular complexity index is 3350. The minimum atomic E-state index is -0.629. The van der Waals surface area contributed by atoms with Gasteiger partial charge in [0.05, 0.1) is 49.1 Å². The van der Waals surface area contributed by atoms with E-state index in [1.54, 1.807) is 11.6 Å². The monoisotopic (exact) mass is 1040 g/mol. The average Bonchev–Trinajstić information content (AvgIpc) is 3.66. The van der Waals surface area contributed by atoms with E-state index >= 15 is 0 Å². The maximum absolute atomic E-state index is 13.5. The van der Waals surface area contributed by atoms with Crippen molar-refractivity contribution in [2.24, 2.45) is 5.92 Å². The number of aromatic nitrogens is 7. The predicted molar refractivity (Wildman–Crippen MR) is 286 cm³/mol. The van der Waals surface area contributed by atoms with Crippen LogP contribution < -0.4 is 14.4 Å². The van der Waals surface area contributed by atoms with Gasteiger partial charge in [0.1, 0.15) is 35.2 Å². The number of anilines is 1. The Balaban J connectivity index is 1.01. The number of benzene rings is 3. The van der Waals surface area contributed by atoms with Crippen LogP contribution in [0.4, 0.5) is 10.6 Å². The molecule has 75 heavy (non-hydrogen) atoms. The van der Waals surface area contributed by atoms with Crippen molar-refractivity contribution in [1.82, 2.24) is 39.4 Å². The van der Waals surface area contributed by atoms with Gasteiger partial charge >= 0.3 is 18.1 Å². The quantitative estimate of drug-likeness (QED) is 0.0789. The predicted octanol–water partition coefficient (Wildman–Crippen LogP) is 11.2. The summed E-state index contributed by atoms with van der Waals surface area (Å²) < 4.78 is 41.3. The van der Waals surface area contributed by atoms with E-state index in [0.29, 0.717) is 55.2 Å². The Hall–Kier alpha value is -6.30. The minimum absolute atomic E-state index is 0.00530. The number of aryl methyl sites for hydroxylation is 1. The number of esters is 1. The first-order valence-corrected chi connectivity index (χ1v) is 27.3. The lowest BCUT2D eigenvalue weighted by molar-refractivity contribution is -0.149. The van der Waals surface area contributed by atoms with E-state index in [-0.39, 0.29) is 72.7 Å². The molecule has 4 saturated heterocycles. The normalized spacial score (nSPS) is 20.8. The number of carbonyl (C=O) groups excluding carboxylic acids is 2. The molecule has 12 rings (SSSR count). The molecular weight excluding hydrogens is 974 g/mol. The number of halogens is 1. The van der Waals surface area contributed by atoms with Gasteiger partial charge in [-0.25, -0.2) is 19.3 Å². The maximum atomic E-state index is 13.5. The fraction of sp³-hybridized carbons (Fsp3) is 0.526. The SMILES string of the molecule is CCOC(=O)C(C(C)C)n1cc2c(n1)c(Cl)nc1cc(COc3c(-c4c(C)ccc5c4cnn5C4CCCCO4)c(C4CC4)cc4c(N5C[C@@H]6C[C@H]5CN6C(=O)OC(C)(C)C)nc(OC5CCOCC5)nc34)ccc12. The third-order valence-corrected chi connectivity index (χ3v) is 15.8. The molecule has 4 aromatic heterocycles. The number of pyridine rings is 1. The lowest BCUT2D eigenvalue weighted by Crippen LogP contribution is -2.50. The van der Waals surface area contributed by atoms with Crippen molar-refractivity contribution in [2.45, 2.75) is 148 Å². The van der Waals surface area contributed by atoms with Crippen LogP contribution in [0.15, 0.2) is 48.8 Å². The van der Waals surface area contributed by atoms with Gasteiger partial charge in [-0.05, 0) is 125 Å². The zero-order valence-electron chi connectivity index (χ0n) is 43.9. The zero-order chi connectivity index (χ0) is 51.9. The van der Waals surface area contributed by atoms with Crippen LogP contribution in [0.25, 0.3) is 54.7 Å². The largest absolute Gasteiger partial charge is 0.486 e. The van der Waals surface area contributed by atoms with Crippen molar-refractivity contribution in [3.63, 3.8) is 0 Å². The van der Waals surface area contributed by atoms with Gasteiger partial charge in [0.2, 0.25) is 0 Å². The Kier molecular flexibility index (Phi) is 13.0. The molecule has 5 aliphatic rings. The lowest BCUT2D eigenvalue weighted by atomic mass is 9.89. The van der Waals surface area contributed by atoms with Gasteiger partial charge < -0.3 is 38.2 Å². The number of nitrogens with zero attached hydrogens (tertiary/aromatic N) is 9. The molecule has 0 spiro atoms. The number of hydrogen-bond donors (Lipinski definition) is 0. The molecule has 0 radical (unpaired) electrons. The number of carbonyl (C=O) groups is 2. The first-order chi connectivity index (χ1) is 36.2. The van der Waals surface area contributed by atoms with Crippen molar-refractivity contribution in [3.8, 4) is 22.9 Å². The smallest absolute Gasteiger partial charge is 0.410 e. The second-order valence-electron chi connectivity index (χ2n) is 22.4. The number of hydrogen-bond acceptors (Lipinski definition) is 14. The molecule has 3 aromatic carbocycles. The molecule has 4 atom stereocenters. The van der Waals surface area contributed by atoms with E-state index in [0.717, 1.165) is 106 Å². The molecule has 5 fully saturated rings. The summed E-state index contributed by atoms with van der Waals surface area (Å²) in [6.07, 6.45) is 10.6. The first kappa shape index (κ1) is 49.6. The number of ether oxygens (including phenoxy) is 6. The van der Waals surface area contributed by atoms with E-state index in [2.05, 4.69) is 30.0 Å². The second kappa shape index (κ2) is 19.7. The molecular formula is C57H66ClN9O8. The van der Waals surface area contributed by atoms with E-state index in [1.165, 1.54) is 5.56 Å². The van der Waals surface area contributed by atoms with Crippen molar-refractivity contribution in [3.05, 3.63) is 70.6 Å². The molecule has 1 amide bonds. The number of fused-ring (bicyclic) bond motifs is 7. The summed E-state index contributed by atoms with van der Waals surface area (Å²) in [5, 5.41) is 13.6.